The Bertz CT molecular complexity index is 908. The Morgan fingerprint density at radius 1 is 1.15 bits per heavy atom. The van der Waals surface area contributed by atoms with Gasteiger partial charge in [-0.1, -0.05) is 12.1 Å². The van der Waals surface area contributed by atoms with Gasteiger partial charge in [-0.25, -0.2) is 0 Å². The van der Waals surface area contributed by atoms with E-state index < -0.39 is 0 Å². The lowest BCUT2D eigenvalue weighted by atomic mass is 9.97. The van der Waals surface area contributed by atoms with E-state index in [0.29, 0.717) is 12.5 Å². The monoisotopic (exact) mass is 366 g/mol. The number of hydrogen-bond acceptors (Lipinski definition) is 5. The molecule has 6 nitrogen and oxygen atoms in total. The molecule has 0 bridgehead atoms. The van der Waals surface area contributed by atoms with Gasteiger partial charge in [0.05, 0.1) is 7.11 Å². The Hall–Kier alpha value is -2.60. The van der Waals surface area contributed by atoms with Gasteiger partial charge in [0.1, 0.15) is 12.4 Å². The van der Waals surface area contributed by atoms with Gasteiger partial charge >= 0.3 is 0 Å². The van der Waals surface area contributed by atoms with Crippen LogP contribution in [0, 0.1) is 6.92 Å². The Labute approximate surface area is 159 Å². The molecule has 0 saturated carbocycles. The van der Waals surface area contributed by atoms with Gasteiger partial charge in [-0.3, -0.25) is 9.30 Å². The molecule has 1 saturated heterocycles. The van der Waals surface area contributed by atoms with Crippen molar-refractivity contribution >= 4 is 5.65 Å². The number of aryl methyl sites for hydroxylation is 1. The van der Waals surface area contributed by atoms with Gasteiger partial charge in [-0.05, 0) is 56.1 Å². The second-order valence-corrected chi connectivity index (χ2v) is 7.13. The standard InChI is InChI=1S/C21H26N4O2/c1-16-8-9-18(19(14-16)26-2)27-13-12-24-10-5-6-17(15-24)21-23-22-20-7-3-4-11-25(20)21/h3-4,7-9,11,14,17H,5-6,10,12-13,15H2,1-2H3/t17-/m0/s1. The van der Waals surface area contributed by atoms with E-state index in [1.54, 1.807) is 7.11 Å². The molecule has 3 heterocycles. The maximum atomic E-state index is 5.98. The summed E-state index contributed by atoms with van der Waals surface area (Å²) in [4.78, 5) is 2.46. The van der Waals surface area contributed by atoms with Crippen molar-refractivity contribution in [3.8, 4) is 11.5 Å². The van der Waals surface area contributed by atoms with E-state index in [-0.39, 0.29) is 0 Å². The Morgan fingerprint density at radius 3 is 2.96 bits per heavy atom. The van der Waals surface area contributed by atoms with Crippen LogP contribution in [0.1, 0.15) is 30.1 Å². The molecule has 4 rings (SSSR count). The molecule has 0 N–H and O–H groups in total. The summed E-state index contributed by atoms with van der Waals surface area (Å²) < 4.78 is 13.5. The first-order valence-electron chi connectivity index (χ1n) is 9.54. The van der Waals surface area contributed by atoms with Crippen LogP contribution in [0.25, 0.3) is 5.65 Å². The van der Waals surface area contributed by atoms with Crippen LogP contribution in [0.2, 0.25) is 0 Å². The predicted molar refractivity (Wildman–Crippen MR) is 105 cm³/mol. The van der Waals surface area contributed by atoms with Crippen LogP contribution in [0.3, 0.4) is 0 Å². The van der Waals surface area contributed by atoms with Gasteiger partial charge in [0.15, 0.2) is 17.1 Å². The minimum atomic E-state index is 0.407. The van der Waals surface area contributed by atoms with Crippen molar-refractivity contribution in [2.24, 2.45) is 0 Å². The SMILES string of the molecule is COc1cc(C)ccc1OCCN1CCC[C@H](c2nnc3ccccn23)C1. The molecule has 1 atom stereocenters. The van der Waals surface area contributed by atoms with Crippen LogP contribution in [0.4, 0.5) is 0 Å². The van der Waals surface area contributed by atoms with E-state index in [0.717, 1.165) is 49.0 Å². The largest absolute Gasteiger partial charge is 0.493 e. The molecule has 1 fully saturated rings. The molecule has 2 aromatic heterocycles. The Kier molecular flexibility index (Phi) is 5.25. The molecule has 0 radical (unpaired) electrons. The van der Waals surface area contributed by atoms with Crippen molar-refractivity contribution in [1.29, 1.82) is 0 Å². The fourth-order valence-corrected chi connectivity index (χ4v) is 3.79. The number of likely N-dealkylation sites (tertiary alicyclic amines) is 1. The second kappa shape index (κ2) is 7.96. The van der Waals surface area contributed by atoms with E-state index in [1.807, 2.05) is 43.3 Å². The van der Waals surface area contributed by atoms with Crippen molar-refractivity contribution < 1.29 is 9.47 Å². The second-order valence-electron chi connectivity index (χ2n) is 7.13. The van der Waals surface area contributed by atoms with Crippen LogP contribution in [-0.4, -0.2) is 52.8 Å². The average Bonchev–Trinajstić information content (AvgIpc) is 3.13. The molecular formula is C21H26N4O2. The van der Waals surface area contributed by atoms with E-state index in [1.165, 1.54) is 12.0 Å². The molecule has 1 aromatic carbocycles. The summed E-state index contributed by atoms with van der Waals surface area (Å²) in [6.07, 6.45) is 4.37. The summed E-state index contributed by atoms with van der Waals surface area (Å²) in [5, 5.41) is 8.75. The van der Waals surface area contributed by atoms with Crippen molar-refractivity contribution in [3.05, 3.63) is 54.0 Å². The summed E-state index contributed by atoms with van der Waals surface area (Å²) in [5.41, 5.74) is 2.08. The number of benzene rings is 1. The van der Waals surface area contributed by atoms with Crippen molar-refractivity contribution in [1.82, 2.24) is 19.5 Å². The fraction of sp³-hybridized carbons (Fsp3) is 0.429. The van der Waals surface area contributed by atoms with Gasteiger partial charge in [0.25, 0.3) is 0 Å². The maximum Gasteiger partial charge on any atom is 0.161 e. The van der Waals surface area contributed by atoms with Crippen molar-refractivity contribution in [2.45, 2.75) is 25.7 Å². The number of aromatic nitrogens is 3. The van der Waals surface area contributed by atoms with Gasteiger partial charge in [-0.2, -0.15) is 0 Å². The fourth-order valence-electron chi connectivity index (χ4n) is 3.79. The number of rotatable bonds is 6. The summed E-state index contributed by atoms with van der Waals surface area (Å²) >= 11 is 0. The quantitative estimate of drug-likeness (QED) is 0.670. The van der Waals surface area contributed by atoms with Crippen molar-refractivity contribution in [2.75, 3.05) is 33.4 Å². The number of methoxy groups -OCH3 is 1. The van der Waals surface area contributed by atoms with Gasteiger partial charge < -0.3 is 9.47 Å². The molecule has 1 aliphatic rings. The maximum absolute atomic E-state index is 5.98. The van der Waals surface area contributed by atoms with Crippen LogP contribution < -0.4 is 9.47 Å². The lowest BCUT2D eigenvalue weighted by Crippen LogP contribution is -2.37. The molecule has 0 spiro atoms. The molecule has 1 aliphatic heterocycles. The molecule has 6 heteroatoms. The molecule has 27 heavy (non-hydrogen) atoms. The minimum absolute atomic E-state index is 0.407. The number of fused-ring (bicyclic) bond motifs is 1. The van der Waals surface area contributed by atoms with Gasteiger partial charge in [0, 0.05) is 25.2 Å². The zero-order valence-electron chi connectivity index (χ0n) is 16.0. The topological polar surface area (TPSA) is 51.9 Å². The predicted octanol–water partition coefficient (Wildman–Crippen LogP) is 3.30. The smallest absolute Gasteiger partial charge is 0.161 e. The number of hydrogen-bond donors (Lipinski definition) is 0. The summed E-state index contributed by atoms with van der Waals surface area (Å²) in [7, 11) is 1.68. The summed E-state index contributed by atoms with van der Waals surface area (Å²) in [6.45, 7) is 5.68. The number of ether oxygens (including phenoxy) is 2. The normalized spacial score (nSPS) is 17.9. The zero-order chi connectivity index (χ0) is 18.6. The summed E-state index contributed by atoms with van der Waals surface area (Å²) in [6, 6.07) is 12.1. The molecule has 142 valence electrons. The highest BCUT2D eigenvalue weighted by Gasteiger charge is 2.25. The highest BCUT2D eigenvalue weighted by molar-refractivity contribution is 5.42. The molecular weight excluding hydrogens is 340 g/mol. The minimum Gasteiger partial charge on any atom is -0.493 e. The molecule has 3 aromatic rings. The van der Waals surface area contributed by atoms with Gasteiger partial charge in [0.2, 0.25) is 0 Å². The first-order chi connectivity index (χ1) is 13.2. The summed E-state index contributed by atoms with van der Waals surface area (Å²) in [5.74, 6) is 3.07. The third-order valence-corrected chi connectivity index (χ3v) is 5.19. The van der Waals surface area contributed by atoms with E-state index in [2.05, 4.69) is 25.7 Å². The van der Waals surface area contributed by atoms with E-state index >= 15 is 0 Å². The molecule has 0 aliphatic carbocycles. The third-order valence-electron chi connectivity index (χ3n) is 5.19. The average molecular weight is 366 g/mol. The molecule has 0 unspecified atom stereocenters. The zero-order valence-corrected chi connectivity index (χ0v) is 16.0. The Morgan fingerprint density at radius 2 is 2.07 bits per heavy atom. The molecule has 0 amide bonds. The lowest BCUT2D eigenvalue weighted by Gasteiger charge is -2.31. The van der Waals surface area contributed by atoms with Crippen LogP contribution in [-0.2, 0) is 0 Å². The number of pyridine rings is 1. The van der Waals surface area contributed by atoms with Crippen molar-refractivity contribution in [3.63, 3.8) is 0 Å². The van der Waals surface area contributed by atoms with Gasteiger partial charge in [-0.15, -0.1) is 10.2 Å². The van der Waals surface area contributed by atoms with Crippen LogP contribution >= 0.6 is 0 Å². The third kappa shape index (κ3) is 3.90. The Balaban J connectivity index is 1.36. The highest BCUT2D eigenvalue weighted by atomic mass is 16.5. The van der Waals surface area contributed by atoms with Crippen LogP contribution in [0.5, 0.6) is 11.5 Å². The van der Waals surface area contributed by atoms with Crippen LogP contribution in [0.15, 0.2) is 42.6 Å². The lowest BCUT2D eigenvalue weighted by molar-refractivity contribution is 0.165. The number of piperidine rings is 1. The first kappa shape index (κ1) is 17.8. The van der Waals surface area contributed by atoms with E-state index in [4.69, 9.17) is 9.47 Å². The highest BCUT2D eigenvalue weighted by Crippen LogP contribution is 2.28. The van der Waals surface area contributed by atoms with E-state index in [9.17, 15) is 0 Å². The number of nitrogens with zero attached hydrogens (tertiary/aromatic N) is 4. The first-order valence-corrected chi connectivity index (χ1v) is 9.54.